The summed E-state index contributed by atoms with van der Waals surface area (Å²) in [4.78, 5) is 0. The van der Waals surface area contributed by atoms with Crippen LogP contribution in [0, 0.1) is 12.3 Å². The van der Waals surface area contributed by atoms with Gasteiger partial charge in [0.05, 0.1) is 0 Å². The van der Waals surface area contributed by atoms with E-state index in [9.17, 15) is 0 Å². The lowest BCUT2D eigenvalue weighted by molar-refractivity contribution is 0.360. The van der Waals surface area contributed by atoms with Crippen molar-refractivity contribution in [3.8, 4) is 0 Å². The maximum atomic E-state index is 4.41. The molecule has 0 spiro atoms. The fraction of sp³-hybridized carbons (Fsp3) is 0.462. The van der Waals surface area contributed by atoms with Crippen molar-refractivity contribution in [2.24, 2.45) is 10.5 Å². The number of thioether (sulfide) groups is 1. The number of rotatable bonds is 1. The number of nitrogens with zero attached hydrogens (tertiary/aromatic N) is 1. The molecule has 0 amide bonds. The molecule has 0 bridgehead atoms. The number of hydrazone groups is 1. The van der Waals surface area contributed by atoms with Crippen molar-refractivity contribution in [2.45, 2.75) is 33.1 Å². The predicted molar refractivity (Wildman–Crippen MR) is 71.7 cm³/mol. The van der Waals surface area contributed by atoms with E-state index in [1.807, 2.05) is 11.8 Å². The molecule has 1 aromatic rings. The summed E-state index contributed by atoms with van der Waals surface area (Å²) < 4.78 is 0. The Hall–Kier alpha value is -0.960. The summed E-state index contributed by atoms with van der Waals surface area (Å²) >= 11 is 1.82. The average molecular weight is 234 g/mol. The molecule has 1 unspecified atom stereocenters. The second-order valence-corrected chi connectivity index (χ2v) is 6.37. The van der Waals surface area contributed by atoms with Gasteiger partial charge in [0.15, 0.2) is 0 Å². The van der Waals surface area contributed by atoms with Crippen LogP contribution in [-0.4, -0.2) is 10.4 Å². The van der Waals surface area contributed by atoms with E-state index in [4.69, 9.17) is 0 Å². The Kier molecular flexibility index (Phi) is 2.98. The third kappa shape index (κ3) is 2.40. The van der Waals surface area contributed by atoms with Crippen molar-refractivity contribution in [3.63, 3.8) is 0 Å². The minimum absolute atomic E-state index is 0.223. The zero-order chi connectivity index (χ0) is 11.8. The van der Waals surface area contributed by atoms with Gasteiger partial charge in [-0.2, -0.15) is 5.10 Å². The zero-order valence-electron chi connectivity index (χ0n) is 10.2. The van der Waals surface area contributed by atoms with E-state index in [0.717, 1.165) is 5.04 Å². The summed E-state index contributed by atoms with van der Waals surface area (Å²) in [5.74, 6) is 0. The van der Waals surface area contributed by atoms with Gasteiger partial charge in [0.25, 0.3) is 0 Å². The molecular weight excluding hydrogens is 216 g/mol. The van der Waals surface area contributed by atoms with Crippen LogP contribution in [0.25, 0.3) is 0 Å². The molecule has 1 heterocycles. The van der Waals surface area contributed by atoms with E-state index in [0.29, 0.717) is 5.37 Å². The van der Waals surface area contributed by atoms with Crippen LogP contribution in [0.5, 0.6) is 0 Å². The molecule has 1 aliphatic heterocycles. The quantitative estimate of drug-likeness (QED) is 0.805. The second-order valence-electron chi connectivity index (χ2n) is 5.28. The predicted octanol–water partition coefficient (Wildman–Crippen LogP) is 3.37. The third-order valence-electron chi connectivity index (χ3n) is 2.60. The molecule has 0 aromatic heterocycles. The average Bonchev–Trinajstić information content (AvgIpc) is 2.67. The molecule has 0 saturated carbocycles. The molecule has 2 nitrogen and oxygen atoms in total. The SMILES string of the molecule is Cc1ccc(C2=NNC(C(C)(C)C)S2)cc1. The Morgan fingerprint density at radius 2 is 1.81 bits per heavy atom. The van der Waals surface area contributed by atoms with E-state index in [2.05, 4.69) is 62.5 Å². The smallest absolute Gasteiger partial charge is 0.125 e. The third-order valence-corrected chi connectivity index (χ3v) is 4.20. The van der Waals surface area contributed by atoms with Crippen LogP contribution in [0.2, 0.25) is 0 Å². The van der Waals surface area contributed by atoms with Crippen LogP contribution in [0.1, 0.15) is 31.9 Å². The highest BCUT2D eigenvalue weighted by Gasteiger charge is 2.30. The number of hydrogen-bond acceptors (Lipinski definition) is 3. The summed E-state index contributed by atoms with van der Waals surface area (Å²) in [5, 5.41) is 5.87. The summed E-state index contributed by atoms with van der Waals surface area (Å²) in [5.41, 5.74) is 5.92. The van der Waals surface area contributed by atoms with E-state index >= 15 is 0 Å². The largest absolute Gasteiger partial charge is 0.295 e. The van der Waals surface area contributed by atoms with Crippen LogP contribution < -0.4 is 5.43 Å². The molecule has 0 fully saturated rings. The van der Waals surface area contributed by atoms with Gasteiger partial charge in [-0.25, -0.2) is 0 Å². The fourth-order valence-electron chi connectivity index (χ4n) is 1.48. The summed E-state index contributed by atoms with van der Waals surface area (Å²) in [6, 6.07) is 8.52. The Morgan fingerprint density at radius 3 is 2.31 bits per heavy atom. The molecule has 1 atom stereocenters. The molecule has 1 aliphatic rings. The fourth-order valence-corrected chi connectivity index (χ4v) is 2.54. The number of nitrogens with one attached hydrogen (secondary N) is 1. The molecule has 3 heteroatoms. The first kappa shape index (κ1) is 11.5. The second kappa shape index (κ2) is 4.13. The molecule has 0 radical (unpaired) electrons. The molecular formula is C13H18N2S. The number of benzene rings is 1. The van der Waals surface area contributed by atoms with Crippen LogP contribution in [0.4, 0.5) is 0 Å². The maximum Gasteiger partial charge on any atom is 0.125 e. The molecule has 16 heavy (non-hydrogen) atoms. The topological polar surface area (TPSA) is 24.4 Å². The highest BCUT2D eigenvalue weighted by Crippen LogP contribution is 2.34. The van der Waals surface area contributed by atoms with Gasteiger partial charge >= 0.3 is 0 Å². The Morgan fingerprint density at radius 1 is 1.19 bits per heavy atom. The van der Waals surface area contributed by atoms with Gasteiger partial charge in [0.2, 0.25) is 0 Å². The Bertz CT molecular complexity index is 401. The zero-order valence-corrected chi connectivity index (χ0v) is 11.1. The summed E-state index contributed by atoms with van der Waals surface area (Å²) in [6.07, 6.45) is 0. The van der Waals surface area contributed by atoms with Crippen LogP contribution >= 0.6 is 11.8 Å². The molecule has 1 N–H and O–H groups in total. The van der Waals surface area contributed by atoms with E-state index in [-0.39, 0.29) is 5.41 Å². The molecule has 2 rings (SSSR count). The maximum absolute atomic E-state index is 4.41. The lowest BCUT2D eigenvalue weighted by Gasteiger charge is -2.25. The number of hydrogen-bond donors (Lipinski definition) is 1. The van der Waals surface area contributed by atoms with Gasteiger partial charge < -0.3 is 0 Å². The van der Waals surface area contributed by atoms with Crippen LogP contribution in [0.3, 0.4) is 0 Å². The van der Waals surface area contributed by atoms with Crippen molar-refractivity contribution in [1.29, 1.82) is 0 Å². The van der Waals surface area contributed by atoms with E-state index in [1.165, 1.54) is 11.1 Å². The van der Waals surface area contributed by atoms with Crippen molar-refractivity contribution in [2.75, 3.05) is 0 Å². The summed E-state index contributed by atoms with van der Waals surface area (Å²) in [7, 11) is 0. The molecule has 86 valence electrons. The van der Waals surface area contributed by atoms with Crippen molar-refractivity contribution in [3.05, 3.63) is 35.4 Å². The minimum Gasteiger partial charge on any atom is -0.295 e. The van der Waals surface area contributed by atoms with Gasteiger partial charge in [-0.3, -0.25) is 5.43 Å². The summed E-state index contributed by atoms with van der Waals surface area (Å²) in [6.45, 7) is 8.78. The van der Waals surface area contributed by atoms with E-state index < -0.39 is 0 Å². The van der Waals surface area contributed by atoms with Crippen molar-refractivity contribution >= 4 is 16.8 Å². The Labute approximate surface area is 102 Å². The van der Waals surface area contributed by atoms with Crippen molar-refractivity contribution in [1.82, 2.24) is 5.43 Å². The minimum atomic E-state index is 0.223. The van der Waals surface area contributed by atoms with Gasteiger partial charge in [0.1, 0.15) is 10.4 Å². The first-order chi connectivity index (χ1) is 7.47. The highest BCUT2D eigenvalue weighted by atomic mass is 32.2. The van der Waals surface area contributed by atoms with Crippen LogP contribution in [0.15, 0.2) is 29.4 Å². The van der Waals surface area contributed by atoms with Gasteiger partial charge in [0, 0.05) is 5.56 Å². The highest BCUT2D eigenvalue weighted by molar-refractivity contribution is 8.15. The lowest BCUT2D eigenvalue weighted by atomic mass is 9.97. The van der Waals surface area contributed by atoms with Crippen LogP contribution in [-0.2, 0) is 0 Å². The lowest BCUT2D eigenvalue weighted by Crippen LogP contribution is -2.31. The normalized spacial score (nSPS) is 20.5. The van der Waals surface area contributed by atoms with Gasteiger partial charge in [-0.05, 0) is 12.3 Å². The first-order valence-corrected chi connectivity index (χ1v) is 6.42. The van der Waals surface area contributed by atoms with Gasteiger partial charge in [-0.1, -0.05) is 62.4 Å². The first-order valence-electron chi connectivity index (χ1n) is 5.54. The van der Waals surface area contributed by atoms with Crippen molar-refractivity contribution < 1.29 is 0 Å². The van der Waals surface area contributed by atoms with E-state index in [1.54, 1.807) is 0 Å². The monoisotopic (exact) mass is 234 g/mol. The molecule has 0 aliphatic carbocycles. The van der Waals surface area contributed by atoms with Gasteiger partial charge in [-0.15, -0.1) is 0 Å². The molecule has 0 saturated heterocycles. The molecule has 1 aromatic carbocycles. The number of aryl methyl sites for hydroxylation is 1. The standard InChI is InChI=1S/C13H18N2S/c1-9-5-7-10(8-6-9)11-14-15-12(16-11)13(2,3)4/h5-8,12,15H,1-4H3. The Balaban J connectivity index is 2.12.